The summed E-state index contributed by atoms with van der Waals surface area (Å²) in [4.78, 5) is 0. The van der Waals surface area contributed by atoms with Crippen LogP contribution in [0.25, 0.3) is 0 Å². The highest BCUT2D eigenvalue weighted by atomic mass is 16.5. The fourth-order valence-electron chi connectivity index (χ4n) is 2.96. The third-order valence-electron chi connectivity index (χ3n) is 3.90. The van der Waals surface area contributed by atoms with Crippen molar-refractivity contribution in [3.8, 4) is 5.75 Å². The Morgan fingerprint density at radius 1 is 1.10 bits per heavy atom. The van der Waals surface area contributed by atoms with Gasteiger partial charge in [-0.3, -0.25) is 0 Å². The van der Waals surface area contributed by atoms with Crippen LogP contribution in [0.3, 0.4) is 0 Å². The molecule has 0 saturated heterocycles. The van der Waals surface area contributed by atoms with E-state index in [1.54, 1.807) is 0 Å². The zero-order valence-electron chi connectivity index (χ0n) is 12.3. The summed E-state index contributed by atoms with van der Waals surface area (Å²) in [6.07, 6.45) is 0. The summed E-state index contributed by atoms with van der Waals surface area (Å²) in [7, 11) is 0. The van der Waals surface area contributed by atoms with E-state index in [1.165, 1.54) is 22.3 Å². The van der Waals surface area contributed by atoms with E-state index in [4.69, 9.17) is 4.74 Å². The number of fused-ring (bicyclic) bond motifs is 1. The summed E-state index contributed by atoms with van der Waals surface area (Å²) in [5, 5.41) is 3.68. The maximum atomic E-state index is 5.73. The van der Waals surface area contributed by atoms with E-state index in [1.807, 2.05) is 12.1 Å². The molecule has 0 aromatic heterocycles. The molecule has 0 bridgehead atoms. The summed E-state index contributed by atoms with van der Waals surface area (Å²) in [6, 6.07) is 15.6. The van der Waals surface area contributed by atoms with Crippen LogP contribution >= 0.6 is 0 Å². The second-order valence-corrected chi connectivity index (χ2v) is 5.71. The Balaban J connectivity index is 1.78. The quantitative estimate of drug-likeness (QED) is 0.904. The predicted octanol–water partition coefficient (Wildman–Crippen LogP) is 4.09. The molecule has 104 valence electrons. The Bertz CT molecular complexity index is 600. The van der Waals surface area contributed by atoms with Gasteiger partial charge in [-0.2, -0.15) is 0 Å². The van der Waals surface area contributed by atoms with Crippen molar-refractivity contribution in [2.45, 2.75) is 32.9 Å². The number of aryl methyl sites for hydroxylation is 2. The SMILES string of the molecule is Cc1cc(C)cc(C(C)NC2COc3ccccc32)c1. The van der Waals surface area contributed by atoms with Crippen molar-refractivity contribution in [2.24, 2.45) is 0 Å². The molecule has 2 unspecified atom stereocenters. The van der Waals surface area contributed by atoms with Crippen LogP contribution in [-0.4, -0.2) is 6.61 Å². The van der Waals surface area contributed by atoms with Gasteiger partial charge in [0, 0.05) is 11.6 Å². The van der Waals surface area contributed by atoms with E-state index in [2.05, 4.69) is 56.4 Å². The van der Waals surface area contributed by atoms with Crippen LogP contribution in [0.2, 0.25) is 0 Å². The molecule has 2 atom stereocenters. The smallest absolute Gasteiger partial charge is 0.124 e. The largest absolute Gasteiger partial charge is 0.491 e. The Kier molecular flexibility index (Phi) is 3.49. The Morgan fingerprint density at radius 3 is 2.55 bits per heavy atom. The molecule has 2 aromatic carbocycles. The minimum absolute atomic E-state index is 0.280. The van der Waals surface area contributed by atoms with Crippen molar-refractivity contribution in [1.29, 1.82) is 0 Å². The van der Waals surface area contributed by atoms with E-state index >= 15 is 0 Å². The van der Waals surface area contributed by atoms with Gasteiger partial charge in [0.05, 0.1) is 6.04 Å². The third kappa shape index (κ3) is 2.56. The van der Waals surface area contributed by atoms with Crippen molar-refractivity contribution >= 4 is 0 Å². The first-order chi connectivity index (χ1) is 9.63. The van der Waals surface area contributed by atoms with Gasteiger partial charge in [-0.1, -0.05) is 47.5 Å². The highest BCUT2D eigenvalue weighted by Crippen LogP contribution is 2.33. The standard InChI is InChI=1S/C18H21NO/c1-12-8-13(2)10-15(9-12)14(3)19-17-11-20-18-7-5-4-6-16(17)18/h4-10,14,17,19H,11H2,1-3H3. The van der Waals surface area contributed by atoms with Crippen LogP contribution in [0.4, 0.5) is 0 Å². The molecule has 1 heterocycles. The summed E-state index contributed by atoms with van der Waals surface area (Å²) in [5.74, 6) is 1.01. The first-order valence-corrected chi connectivity index (χ1v) is 7.19. The summed E-state index contributed by atoms with van der Waals surface area (Å²) < 4.78 is 5.73. The molecule has 3 rings (SSSR count). The van der Waals surface area contributed by atoms with Crippen LogP contribution < -0.4 is 10.1 Å². The minimum Gasteiger partial charge on any atom is -0.491 e. The van der Waals surface area contributed by atoms with Crippen molar-refractivity contribution < 1.29 is 4.74 Å². The average molecular weight is 267 g/mol. The fraction of sp³-hybridized carbons (Fsp3) is 0.333. The number of hydrogen-bond acceptors (Lipinski definition) is 2. The average Bonchev–Trinajstić information content (AvgIpc) is 2.81. The fourth-order valence-corrected chi connectivity index (χ4v) is 2.96. The molecule has 0 saturated carbocycles. The summed E-state index contributed by atoms with van der Waals surface area (Å²) >= 11 is 0. The van der Waals surface area contributed by atoms with Crippen molar-refractivity contribution in [3.63, 3.8) is 0 Å². The molecule has 2 nitrogen and oxygen atoms in total. The lowest BCUT2D eigenvalue weighted by atomic mass is 10.0. The molecule has 0 radical (unpaired) electrons. The first kappa shape index (κ1) is 13.2. The van der Waals surface area contributed by atoms with Crippen molar-refractivity contribution in [1.82, 2.24) is 5.32 Å². The summed E-state index contributed by atoms with van der Waals surface area (Å²) in [5.41, 5.74) is 5.24. The van der Waals surface area contributed by atoms with Crippen LogP contribution in [0.1, 0.15) is 41.3 Å². The molecule has 1 aliphatic rings. The first-order valence-electron chi connectivity index (χ1n) is 7.19. The van der Waals surface area contributed by atoms with E-state index in [0.29, 0.717) is 12.6 Å². The topological polar surface area (TPSA) is 21.3 Å². The molecule has 1 N–H and O–H groups in total. The van der Waals surface area contributed by atoms with Crippen molar-refractivity contribution in [3.05, 3.63) is 64.7 Å². The molecule has 0 amide bonds. The summed E-state index contributed by atoms with van der Waals surface area (Å²) in [6.45, 7) is 7.23. The molecule has 2 aromatic rings. The van der Waals surface area contributed by atoms with Crippen LogP contribution in [-0.2, 0) is 0 Å². The highest BCUT2D eigenvalue weighted by molar-refractivity contribution is 5.39. The van der Waals surface area contributed by atoms with E-state index in [9.17, 15) is 0 Å². The maximum absolute atomic E-state index is 5.73. The molecule has 2 heteroatoms. The lowest BCUT2D eigenvalue weighted by molar-refractivity contribution is 0.301. The van der Waals surface area contributed by atoms with Gasteiger partial charge in [0.1, 0.15) is 12.4 Å². The third-order valence-corrected chi connectivity index (χ3v) is 3.90. The van der Waals surface area contributed by atoms with Gasteiger partial charge < -0.3 is 10.1 Å². The Labute approximate surface area is 120 Å². The normalized spacial score (nSPS) is 18.4. The predicted molar refractivity (Wildman–Crippen MR) is 82.1 cm³/mol. The molecule has 20 heavy (non-hydrogen) atoms. The molecular weight excluding hydrogens is 246 g/mol. The number of para-hydroxylation sites is 1. The Hall–Kier alpha value is -1.80. The van der Waals surface area contributed by atoms with Gasteiger partial charge in [0.2, 0.25) is 0 Å². The number of nitrogens with one attached hydrogen (secondary N) is 1. The monoisotopic (exact) mass is 267 g/mol. The zero-order chi connectivity index (χ0) is 14.1. The van der Waals surface area contributed by atoms with Crippen molar-refractivity contribution in [2.75, 3.05) is 6.61 Å². The van der Waals surface area contributed by atoms with Gasteiger partial charge in [0.15, 0.2) is 0 Å². The molecule has 0 fully saturated rings. The van der Waals surface area contributed by atoms with E-state index < -0.39 is 0 Å². The van der Waals surface area contributed by atoms with Crippen LogP contribution in [0.15, 0.2) is 42.5 Å². The second-order valence-electron chi connectivity index (χ2n) is 5.71. The van der Waals surface area contributed by atoms with Gasteiger partial charge >= 0.3 is 0 Å². The number of ether oxygens (including phenoxy) is 1. The molecular formula is C18H21NO. The van der Waals surface area contributed by atoms with Crippen LogP contribution in [0.5, 0.6) is 5.75 Å². The van der Waals surface area contributed by atoms with Crippen LogP contribution in [0, 0.1) is 13.8 Å². The molecule has 0 aliphatic carbocycles. The number of hydrogen-bond donors (Lipinski definition) is 1. The molecule has 0 spiro atoms. The number of rotatable bonds is 3. The lowest BCUT2D eigenvalue weighted by Gasteiger charge is -2.20. The highest BCUT2D eigenvalue weighted by Gasteiger charge is 2.25. The van der Waals surface area contributed by atoms with Gasteiger partial charge in [0.25, 0.3) is 0 Å². The second kappa shape index (κ2) is 5.29. The minimum atomic E-state index is 0.280. The lowest BCUT2D eigenvalue weighted by Crippen LogP contribution is -2.25. The van der Waals surface area contributed by atoms with E-state index in [0.717, 1.165) is 5.75 Å². The maximum Gasteiger partial charge on any atom is 0.124 e. The number of benzene rings is 2. The Morgan fingerprint density at radius 2 is 1.80 bits per heavy atom. The van der Waals surface area contributed by atoms with Gasteiger partial charge in [-0.25, -0.2) is 0 Å². The zero-order valence-corrected chi connectivity index (χ0v) is 12.3. The van der Waals surface area contributed by atoms with E-state index in [-0.39, 0.29) is 6.04 Å². The van der Waals surface area contributed by atoms with Gasteiger partial charge in [-0.15, -0.1) is 0 Å². The molecule has 1 aliphatic heterocycles. The van der Waals surface area contributed by atoms with Gasteiger partial charge in [-0.05, 0) is 32.4 Å².